The molecule has 158 valence electrons. The van der Waals surface area contributed by atoms with Crippen LogP contribution in [0.3, 0.4) is 0 Å². The number of pyridine rings is 1. The first-order valence-electron chi connectivity index (χ1n) is 9.57. The third-order valence-corrected chi connectivity index (χ3v) is 5.72. The van der Waals surface area contributed by atoms with Crippen molar-refractivity contribution in [1.29, 1.82) is 0 Å². The van der Waals surface area contributed by atoms with E-state index in [1.165, 1.54) is 19.4 Å². The van der Waals surface area contributed by atoms with Crippen molar-refractivity contribution < 1.29 is 19.0 Å². The Balaban J connectivity index is 0.00000240. The minimum Gasteiger partial charge on any atom is -0.492 e. The van der Waals surface area contributed by atoms with E-state index in [0.717, 1.165) is 25.7 Å². The molecule has 7 nitrogen and oxygen atoms in total. The van der Waals surface area contributed by atoms with E-state index in [1.807, 2.05) is 11.9 Å². The van der Waals surface area contributed by atoms with Crippen molar-refractivity contribution in [2.45, 2.75) is 37.8 Å². The number of piperidine rings is 1. The molecular weight excluding hydrogens is 445 g/mol. The molecule has 2 N–H and O–H groups in total. The highest BCUT2D eigenvalue weighted by atomic mass is 79.9. The SMILES string of the molecule is Br.CNC1CCCN(c2c(F)cc3c(=O)c(C(=O)O)cn(C4CC4)c3c2OC)C1. The number of rotatable bonds is 5. The number of halogens is 2. The number of hydrogen-bond acceptors (Lipinski definition) is 5. The maximum absolute atomic E-state index is 15.2. The number of methoxy groups -OCH3 is 1. The molecule has 0 radical (unpaired) electrons. The fourth-order valence-electron chi connectivity index (χ4n) is 4.14. The van der Waals surface area contributed by atoms with Crippen LogP contribution < -0.4 is 20.4 Å². The zero-order valence-electron chi connectivity index (χ0n) is 16.4. The van der Waals surface area contributed by atoms with Gasteiger partial charge in [-0.25, -0.2) is 9.18 Å². The van der Waals surface area contributed by atoms with Gasteiger partial charge in [0.05, 0.1) is 18.0 Å². The molecule has 2 fully saturated rings. The van der Waals surface area contributed by atoms with Crippen LogP contribution in [0.5, 0.6) is 5.75 Å². The van der Waals surface area contributed by atoms with Gasteiger partial charge in [-0.1, -0.05) is 0 Å². The van der Waals surface area contributed by atoms with E-state index in [0.29, 0.717) is 30.0 Å². The van der Waals surface area contributed by atoms with Crippen LogP contribution in [0.4, 0.5) is 10.1 Å². The molecule has 1 saturated carbocycles. The van der Waals surface area contributed by atoms with E-state index >= 15 is 4.39 Å². The second-order valence-corrected chi connectivity index (χ2v) is 7.53. The second-order valence-electron chi connectivity index (χ2n) is 7.53. The lowest BCUT2D eigenvalue weighted by molar-refractivity contribution is 0.0695. The largest absolute Gasteiger partial charge is 0.492 e. The molecule has 1 aliphatic heterocycles. The Morgan fingerprint density at radius 1 is 1.34 bits per heavy atom. The number of carboxylic acids is 1. The number of carbonyl (C=O) groups is 1. The molecule has 0 amide bonds. The fourth-order valence-corrected chi connectivity index (χ4v) is 4.14. The average molecular weight is 470 g/mol. The van der Waals surface area contributed by atoms with Crippen LogP contribution in [-0.4, -0.2) is 48.9 Å². The summed E-state index contributed by atoms with van der Waals surface area (Å²) in [6, 6.07) is 1.51. The van der Waals surface area contributed by atoms with E-state index < -0.39 is 17.2 Å². The molecule has 1 aromatic carbocycles. The summed E-state index contributed by atoms with van der Waals surface area (Å²) in [5.74, 6) is -1.58. The number of ether oxygens (including phenoxy) is 1. The lowest BCUT2D eigenvalue weighted by Gasteiger charge is -2.35. The molecule has 0 spiro atoms. The molecule has 29 heavy (non-hydrogen) atoms. The van der Waals surface area contributed by atoms with Gasteiger partial charge in [-0.15, -0.1) is 17.0 Å². The number of likely N-dealkylation sites (N-methyl/N-ethyl adjacent to an activating group) is 1. The van der Waals surface area contributed by atoms with Gasteiger partial charge in [0, 0.05) is 31.4 Å². The van der Waals surface area contributed by atoms with Gasteiger partial charge in [-0.3, -0.25) is 4.79 Å². The summed E-state index contributed by atoms with van der Waals surface area (Å²) in [6.07, 6.45) is 5.08. The number of nitrogens with zero attached hydrogens (tertiary/aromatic N) is 2. The molecule has 1 unspecified atom stereocenters. The summed E-state index contributed by atoms with van der Waals surface area (Å²) in [5, 5.41) is 12.7. The highest BCUT2D eigenvalue weighted by molar-refractivity contribution is 8.93. The third kappa shape index (κ3) is 3.73. The Hall–Kier alpha value is -2.13. The van der Waals surface area contributed by atoms with Gasteiger partial charge in [-0.2, -0.15) is 0 Å². The first-order valence-corrected chi connectivity index (χ1v) is 9.57. The van der Waals surface area contributed by atoms with Crippen LogP contribution in [0.15, 0.2) is 17.1 Å². The Kier molecular flexibility index (Phi) is 6.19. The number of nitrogens with one attached hydrogen (secondary N) is 1. The number of aromatic carboxylic acids is 1. The highest BCUT2D eigenvalue weighted by Crippen LogP contribution is 2.44. The number of anilines is 1. The van der Waals surface area contributed by atoms with E-state index in [1.54, 1.807) is 4.57 Å². The number of hydrogen-bond donors (Lipinski definition) is 2. The van der Waals surface area contributed by atoms with Crippen LogP contribution in [0.25, 0.3) is 10.9 Å². The maximum atomic E-state index is 15.2. The van der Waals surface area contributed by atoms with Gasteiger partial charge in [0.1, 0.15) is 11.3 Å². The minimum atomic E-state index is -1.31. The summed E-state index contributed by atoms with van der Waals surface area (Å²) in [4.78, 5) is 26.2. The van der Waals surface area contributed by atoms with Crippen molar-refractivity contribution in [2.24, 2.45) is 0 Å². The number of carboxylic acid groups (broad SMARTS) is 1. The molecule has 1 aliphatic carbocycles. The molecule has 2 heterocycles. The van der Waals surface area contributed by atoms with Crippen LogP contribution in [0.2, 0.25) is 0 Å². The Morgan fingerprint density at radius 2 is 2.07 bits per heavy atom. The zero-order chi connectivity index (χ0) is 20.0. The van der Waals surface area contributed by atoms with Crippen LogP contribution in [-0.2, 0) is 0 Å². The standard InChI is InChI=1S/C20H24FN3O4.BrH/c1-22-11-4-3-7-23(9-11)17-15(21)8-13-16(19(17)28-2)24(12-5-6-12)10-14(18(13)25)20(26)27;/h8,10-12,22H,3-7,9H2,1-2H3,(H,26,27);1H. The monoisotopic (exact) mass is 469 g/mol. The molecule has 9 heteroatoms. The minimum absolute atomic E-state index is 0. The van der Waals surface area contributed by atoms with Crippen LogP contribution >= 0.6 is 17.0 Å². The normalized spacial score (nSPS) is 19.1. The molecule has 2 aromatic rings. The second kappa shape index (κ2) is 8.31. The zero-order valence-corrected chi connectivity index (χ0v) is 18.1. The molecular formula is C20H25BrFN3O4. The van der Waals surface area contributed by atoms with E-state index in [4.69, 9.17) is 4.74 Å². The Bertz CT molecular complexity index is 1010. The van der Waals surface area contributed by atoms with E-state index in [9.17, 15) is 14.7 Å². The van der Waals surface area contributed by atoms with Gasteiger partial charge in [0.25, 0.3) is 0 Å². The van der Waals surface area contributed by atoms with Gasteiger partial charge in [-0.05, 0) is 38.8 Å². The molecule has 4 rings (SSSR count). The topological polar surface area (TPSA) is 83.8 Å². The number of benzene rings is 1. The van der Waals surface area contributed by atoms with E-state index in [-0.39, 0.29) is 40.0 Å². The first kappa shape index (κ1) is 21.6. The van der Waals surface area contributed by atoms with Gasteiger partial charge < -0.3 is 24.6 Å². The van der Waals surface area contributed by atoms with Crippen molar-refractivity contribution in [2.75, 3.05) is 32.1 Å². The van der Waals surface area contributed by atoms with Crippen molar-refractivity contribution in [3.05, 3.63) is 33.9 Å². The summed E-state index contributed by atoms with van der Waals surface area (Å²) >= 11 is 0. The summed E-state index contributed by atoms with van der Waals surface area (Å²) in [5.41, 5.74) is -0.216. The highest BCUT2D eigenvalue weighted by Gasteiger charge is 2.32. The predicted molar refractivity (Wildman–Crippen MR) is 115 cm³/mol. The lowest BCUT2D eigenvalue weighted by Crippen LogP contribution is -2.45. The molecule has 1 saturated heterocycles. The van der Waals surface area contributed by atoms with Gasteiger partial charge >= 0.3 is 5.97 Å². The molecule has 1 aromatic heterocycles. The smallest absolute Gasteiger partial charge is 0.341 e. The van der Waals surface area contributed by atoms with Crippen molar-refractivity contribution >= 4 is 39.5 Å². The van der Waals surface area contributed by atoms with Crippen molar-refractivity contribution in [1.82, 2.24) is 9.88 Å². The quantitative estimate of drug-likeness (QED) is 0.700. The average Bonchev–Trinajstić information content (AvgIpc) is 3.52. The maximum Gasteiger partial charge on any atom is 0.341 e. The number of fused-ring (bicyclic) bond motifs is 1. The third-order valence-electron chi connectivity index (χ3n) is 5.72. The van der Waals surface area contributed by atoms with Gasteiger partial charge in [0.15, 0.2) is 11.6 Å². The Morgan fingerprint density at radius 3 is 2.66 bits per heavy atom. The van der Waals surface area contributed by atoms with Crippen molar-refractivity contribution in [3.8, 4) is 5.75 Å². The Labute approximate surface area is 178 Å². The first-order chi connectivity index (χ1) is 13.5. The molecule has 2 aliphatic rings. The van der Waals surface area contributed by atoms with E-state index in [2.05, 4.69) is 5.32 Å². The summed E-state index contributed by atoms with van der Waals surface area (Å²) in [6.45, 7) is 1.33. The summed E-state index contributed by atoms with van der Waals surface area (Å²) < 4.78 is 22.6. The predicted octanol–water partition coefficient (Wildman–Crippen LogP) is 2.95. The lowest BCUT2D eigenvalue weighted by atomic mass is 10.0. The van der Waals surface area contributed by atoms with Crippen LogP contribution in [0.1, 0.15) is 42.1 Å². The van der Waals surface area contributed by atoms with Crippen LogP contribution in [0, 0.1) is 5.82 Å². The van der Waals surface area contributed by atoms with Gasteiger partial charge in [0.2, 0.25) is 5.43 Å². The van der Waals surface area contributed by atoms with Crippen molar-refractivity contribution in [3.63, 3.8) is 0 Å². The molecule has 0 bridgehead atoms. The molecule has 1 atom stereocenters. The summed E-state index contributed by atoms with van der Waals surface area (Å²) in [7, 11) is 3.35. The fraction of sp³-hybridized carbons (Fsp3) is 0.500. The number of aromatic nitrogens is 1.